The molecule has 0 aliphatic carbocycles. The van der Waals surface area contributed by atoms with Crippen molar-refractivity contribution in [2.24, 2.45) is 0 Å². The molecule has 36 heavy (non-hydrogen) atoms. The first kappa shape index (κ1) is 27.4. The van der Waals surface area contributed by atoms with Crippen molar-refractivity contribution in [2.75, 3.05) is 37.4 Å². The van der Waals surface area contributed by atoms with Gasteiger partial charge in [-0.25, -0.2) is 8.42 Å². The summed E-state index contributed by atoms with van der Waals surface area (Å²) in [6, 6.07) is 21.2. The number of para-hydroxylation sites is 2. The molecule has 3 aromatic carbocycles. The van der Waals surface area contributed by atoms with Gasteiger partial charge in [-0.15, -0.1) is 0 Å². The van der Waals surface area contributed by atoms with Gasteiger partial charge in [0.05, 0.1) is 24.8 Å². The number of ether oxygens (including phenoxy) is 2. The van der Waals surface area contributed by atoms with Gasteiger partial charge in [0.2, 0.25) is 5.91 Å². The van der Waals surface area contributed by atoms with Gasteiger partial charge >= 0.3 is 0 Å². The second-order valence-corrected chi connectivity index (χ2v) is 11.1. The number of methoxy groups -OCH3 is 2. The largest absolute Gasteiger partial charge is 0.497 e. The monoisotopic (exact) mass is 528 g/mol. The minimum atomic E-state index is -4.05. The highest BCUT2D eigenvalue weighted by atomic mass is 32.2. The summed E-state index contributed by atoms with van der Waals surface area (Å²) in [5, 5.41) is 2.85. The van der Waals surface area contributed by atoms with Crippen LogP contribution in [-0.4, -0.2) is 47.4 Å². The van der Waals surface area contributed by atoms with Crippen LogP contribution in [0.3, 0.4) is 0 Å². The lowest BCUT2D eigenvalue weighted by Gasteiger charge is -2.25. The third-order valence-corrected chi connectivity index (χ3v) is 8.32. The lowest BCUT2D eigenvalue weighted by atomic mass is 10.2. The summed E-state index contributed by atoms with van der Waals surface area (Å²) in [5.74, 6) is 2.30. The fraction of sp³-hybridized carbons (Fsp3) is 0.296. The van der Waals surface area contributed by atoms with E-state index in [1.54, 1.807) is 48.2 Å². The number of sulfonamides is 1. The number of aryl methyl sites for hydroxylation is 1. The number of amides is 1. The molecule has 0 saturated carbocycles. The van der Waals surface area contributed by atoms with E-state index in [0.29, 0.717) is 23.7 Å². The molecule has 0 radical (unpaired) electrons. The van der Waals surface area contributed by atoms with Crippen molar-refractivity contribution in [2.45, 2.75) is 24.0 Å². The van der Waals surface area contributed by atoms with E-state index in [4.69, 9.17) is 9.47 Å². The normalized spacial score (nSPS) is 11.1. The Balaban J connectivity index is 1.64. The Morgan fingerprint density at radius 2 is 1.72 bits per heavy atom. The zero-order valence-electron chi connectivity index (χ0n) is 20.8. The van der Waals surface area contributed by atoms with Crippen LogP contribution in [0, 0.1) is 6.92 Å². The molecule has 0 saturated heterocycles. The van der Waals surface area contributed by atoms with Crippen LogP contribution < -0.4 is 19.1 Å². The molecule has 0 unspecified atom stereocenters. The summed E-state index contributed by atoms with van der Waals surface area (Å²) in [7, 11) is -1.07. The second-order valence-electron chi connectivity index (χ2n) is 8.10. The number of thioether (sulfide) groups is 1. The molecule has 3 rings (SSSR count). The van der Waals surface area contributed by atoms with Crippen molar-refractivity contribution in [3.8, 4) is 11.5 Å². The van der Waals surface area contributed by atoms with Crippen molar-refractivity contribution >= 4 is 33.4 Å². The summed E-state index contributed by atoms with van der Waals surface area (Å²) < 4.78 is 38.7. The van der Waals surface area contributed by atoms with E-state index < -0.39 is 10.0 Å². The van der Waals surface area contributed by atoms with Crippen LogP contribution in [0.1, 0.15) is 17.5 Å². The number of hydrogen-bond acceptors (Lipinski definition) is 6. The molecule has 3 aromatic rings. The van der Waals surface area contributed by atoms with Gasteiger partial charge in [0.1, 0.15) is 18.0 Å². The molecule has 0 aromatic heterocycles. The van der Waals surface area contributed by atoms with Crippen LogP contribution in [0.5, 0.6) is 11.5 Å². The lowest BCUT2D eigenvalue weighted by Crippen LogP contribution is -2.41. The highest BCUT2D eigenvalue weighted by Gasteiger charge is 2.29. The predicted octanol–water partition coefficient (Wildman–Crippen LogP) is 4.65. The SMILES string of the molecule is COc1ccc(S(=O)(=O)N(CC(=O)NCCCSCc2cccc(C)c2)c2ccccc2OC)cc1. The van der Waals surface area contributed by atoms with Gasteiger partial charge in [0.25, 0.3) is 10.0 Å². The Labute approximate surface area is 217 Å². The van der Waals surface area contributed by atoms with Crippen molar-refractivity contribution in [1.82, 2.24) is 5.32 Å². The Kier molecular flexibility index (Phi) is 10.1. The first-order valence-corrected chi connectivity index (χ1v) is 14.1. The number of benzene rings is 3. The molecule has 0 spiro atoms. The van der Waals surface area contributed by atoms with Crippen LogP contribution in [0.25, 0.3) is 0 Å². The van der Waals surface area contributed by atoms with Gasteiger partial charge in [0.15, 0.2) is 0 Å². The first-order chi connectivity index (χ1) is 17.3. The van der Waals surface area contributed by atoms with Crippen molar-refractivity contribution in [1.29, 1.82) is 0 Å². The van der Waals surface area contributed by atoms with E-state index in [9.17, 15) is 13.2 Å². The number of nitrogens with zero attached hydrogens (tertiary/aromatic N) is 1. The third-order valence-electron chi connectivity index (χ3n) is 5.43. The molecule has 9 heteroatoms. The quantitative estimate of drug-likeness (QED) is 0.325. The van der Waals surface area contributed by atoms with E-state index in [2.05, 4.69) is 36.5 Å². The number of anilines is 1. The van der Waals surface area contributed by atoms with E-state index in [1.165, 1.54) is 37.5 Å². The van der Waals surface area contributed by atoms with Crippen LogP contribution in [0.15, 0.2) is 77.7 Å². The number of rotatable bonds is 13. The molecule has 0 aliphatic rings. The maximum absolute atomic E-state index is 13.6. The fourth-order valence-corrected chi connectivity index (χ4v) is 5.93. The number of nitrogens with one attached hydrogen (secondary N) is 1. The topological polar surface area (TPSA) is 84.9 Å². The Morgan fingerprint density at radius 1 is 0.972 bits per heavy atom. The highest BCUT2D eigenvalue weighted by Crippen LogP contribution is 2.32. The maximum Gasteiger partial charge on any atom is 0.264 e. The minimum absolute atomic E-state index is 0.0505. The molecule has 0 fully saturated rings. The number of carbonyl (C=O) groups is 1. The molecule has 0 aliphatic heterocycles. The zero-order valence-corrected chi connectivity index (χ0v) is 22.4. The molecule has 7 nitrogen and oxygen atoms in total. The molecule has 192 valence electrons. The van der Waals surface area contributed by atoms with E-state index in [0.717, 1.165) is 22.2 Å². The molecular weight excluding hydrogens is 496 g/mol. The summed E-state index contributed by atoms with van der Waals surface area (Å²) in [6.07, 6.45) is 0.780. The van der Waals surface area contributed by atoms with Gasteiger partial charge in [-0.1, -0.05) is 42.0 Å². The second kappa shape index (κ2) is 13.2. The van der Waals surface area contributed by atoms with Crippen LogP contribution >= 0.6 is 11.8 Å². The molecule has 0 bridgehead atoms. The number of carbonyl (C=O) groups excluding carboxylic acids is 1. The number of hydrogen-bond donors (Lipinski definition) is 1. The average Bonchev–Trinajstić information content (AvgIpc) is 2.89. The van der Waals surface area contributed by atoms with Gasteiger partial charge in [-0.3, -0.25) is 9.10 Å². The smallest absolute Gasteiger partial charge is 0.264 e. The first-order valence-electron chi connectivity index (χ1n) is 11.5. The minimum Gasteiger partial charge on any atom is -0.497 e. The Hall–Kier alpha value is -3.17. The molecule has 1 amide bonds. The van der Waals surface area contributed by atoms with Gasteiger partial charge in [-0.2, -0.15) is 11.8 Å². The predicted molar refractivity (Wildman–Crippen MR) is 145 cm³/mol. The molecule has 0 heterocycles. The van der Waals surface area contributed by atoms with Crippen LogP contribution in [0.2, 0.25) is 0 Å². The van der Waals surface area contributed by atoms with Crippen molar-refractivity contribution < 1.29 is 22.7 Å². The summed E-state index contributed by atoms with van der Waals surface area (Å²) >= 11 is 1.80. The fourth-order valence-electron chi connectivity index (χ4n) is 3.59. The average molecular weight is 529 g/mol. The molecular formula is C27H32N2O5S2. The van der Waals surface area contributed by atoms with E-state index in [-0.39, 0.29) is 17.3 Å². The van der Waals surface area contributed by atoms with Gasteiger partial charge in [-0.05, 0) is 61.1 Å². The molecule has 1 N–H and O–H groups in total. The molecule has 0 atom stereocenters. The summed E-state index contributed by atoms with van der Waals surface area (Å²) in [5.41, 5.74) is 2.81. The van der Waals surface area contributed by atoms with Crippen LogP contribution in [-0.2, 0) is 20.6 Å². The summed E-state index contributed by atoms with van der Waals surface area (Å²) in [6.45, 7) is 2.17. The highest BCUT2D eigenvalue weighted by molar-refractivity contribution is 7.98. The van der Waals surface area contributed by atoms with E-state index in [1.807, 2.05) is 0 Å². The standard InChI is InChI=1S/C27H32N2O5S2/c1-21-8-6-9-22(18-21)20-35-17-7-16-28-27(30)19-29(25-10-4-5-11-26(25)34-3)36(31,32)24-14-12-23(33-2)13-15-24/h4-6,8-15,18H,7,16-17,19-20H2,1-3H3,(H,28,30). The van der Waals surface area contributed by atoms with Gasteiger partial charge < -0.3 is 14.8 Å². The lowest BCUT2D eigenvalue weighted by molar-refractivity contribution is -0.119. The van der Waals surface area contributed by atoms with E-state index >= 15 is 0 Å². The third kappa shape index (κ3) is 7.41. The zero-order chi connectivity index (χ0) is 26.0. The summed E-state index contributed by atoms with van der Waals surface area (Å²) in [4.78, 5) is 12.9. The Morgan fingerprint density at radius 3 is 2.42 bits per heavy atom. The van der Waals surface area contributed by atoms with Crippen LogP contribution in [0.4, 0.5) is 5.69 Å². The maximum atomic E-state index is 13.6. The van der Waals surface area contributed by atoms with Gasteiger partial charge in [0, 0.05) is 12.3 Å². The van der Waals surface area contributed by atoms with Crippen molar-refractivity contribution in [3.63, 3.8) is 0 Å². The Bertz CT molecular complexity index is 1250. The van der Waals surface area contributed by atoms with Crippen molar-refractivity contribution in [3.05, 3.63) is 83.9 Å².